The lowest BCUT2D eigenvalue weighted by Crippen LogP contribution is -2.28. The average molecular weight is 315 g/mol. The van der Waals surface area contributed by atoms with E-state index in [1.54, 1.807) is 31.8 Å². The van der Waals surface area contributed by atoms with Gasteiger partial charge in [-0.3, -0.25) is 14.2 Å². The van der Waals surface area contributed by atoms with Crippen LogP contribution in [0.15, 0.2) is 12.3 Å². The van der Waals surface area contributed by atoms with Crippen molar-refractivity contribution >= 4 is 5.91 Å². The van der Waals surface area contributed by atoms with Gasteiger partial charge in [0.1, 0.15) is 5.69 Å². The Morgan fingerprint density at radius 2 is 1.95 bits per heavy atom. The Labute approximate surface area is 124 Å². The molecule has 9 heteroatoms. The molecule has 0 bridgehead atoms. The van der Waals surface area contributed by atoms with Crippen LogP contribution in [-0.2, 0) is 20.3 Å². The van der Waals surface area contributed by atoms with E-state index in [9.17, 15) is 18.0 Å². The standard InChI is InChI=1S/C13H16F3N5O/c1-7(9-6-20(3)18-8(9)2)17-12(22)10-5-11(13(14,15)16)19-21(10)4/h5-7H,1-4H3,(H,17,22). The number of aromatic nitrogens is 4. The van der Waals surface area contributed by atoms with Crippen LogP contribution in [0.5, 0.6) is 0 Å². The van der Waals surface area contributed by atoms with Crippen LogP contribution in [0, 0.1) is 6.92 Å². The highest BCUT2D eigenvalue weighted by Crippen LogP contribution is 2.28. The number of aryl methyl sites for hydroxylation is 3. The highest BCUT2D eigenvalue weighted by Gasteiger charge is 2.35. The van der Waals surface area contributed by atoms with Crippen molar-refractivity contribution in [2.45, 2.75) is 26.1 Å². The molecule has 2 aromatic rings. The van der Waals surface area contributed by atoms with Crippen molar-refractivity contribution in [2.75, 3.05) is 0 Å². The fraction of sp³-hybridized carbons (Fsp3) is 0.462. The first-order chi connectivity index (χ1) is 10.1. The number of carbonyl (C=O) groups is 1. The highest BCUT2D eigenvalue weighted by molar-refractivity contribution is 5.93. The highest BCUT2D eigenvalue weighted by atomic mass is 19.4. The summed E-state index contributed by atoms with van der Waals surface area (Å²) in [6.07, 6.45) is -2.83. The molecular weight excluding hydrogens is 299 g/mol. The van der Waals surface area contributed by atoms with E-state index in [0.29, 0.717) is 0 Å². The summed E-state index contributed by atoms with van der Waals surface area (Å²) < 4.78 is 40.4. The van der Waals surface area contributed by atoms with Crippen molar-refractivity contribution in [3.05, 3.63) is 34.9 Å². The Morgan fingerprint density at radius 1 is 1.32 bits per heavy atom. The van der Waals surface area contributed by atoms with Crippen LogP contribution in [0.1, 0.15) is 40.4 Å². The molecule has 0 saturated carbocycles. The molecule has 120 valence electrons. The SMILES string of the molecule is Cc1nn(C)cc1C(C)NC(=O)c1cc(C(F)(F)F)nn1C. The maximum atomic E-state index is 12.6. The van der Waals surface area contributed by atoms with Gasteiger partial charge in [-0.2, -0.15) is 23.4 Å². The minimum Gasteiger partial charge on any atom is -0.344 e. The van der Waals surface area contributed by atoms with E-state index in [2.05, 4.69) is 15.5 Å². The van der Waals surface area contributed by atoms with Gasteiger partial charge in [0, 0.05) is 31.9 Å². The Bertz CT molecular complexity index is 701. The molecule has 2 aromatic heterocycles. The fourth-order valence-electron chi connectivity index (χ4n) is 2.21. The van der Waals surface area contributed by atoms with Crippen LogP contribution in [0.2, 0.25) is 0 Å². The summed E-state index contributed by atoms with van der Waals surface area (Å²) in [5.41, 5.74) is 0.302. The lowest BCUT2D eigenvalue weighted by atomic mass is 10.1. The first kappa shape index (κ1) is 16.1. The summed E-state index contributed by atoms with van der Waals surface area (Å²) in [5, 5.41) is 10.1. The molecule has 2 rings (SSSR count). The van der Waals surface area contributed by atoms with Crippen molar-refractivity contribution in [2.24, 2.45) is 14.1 Å². The quantitative estimate of drug-likeness (QED) is 0.942. The van der Waals surface area contributed by atoms with Gasteiger partial charge in [-0.05, 0) is 13.8 Å². The lowest BCUT2D eigenvalue weighted by Gasteiger charge is -2.13. The lowest BCUT2D eigenvalue weighted by molar-refractivity contribution is -0.141. The van der Waals surface area contributed by atoms with Crippen molar-refractivity contribution in [3.63, 3.8) is 0 Å². The van der Waals surface area contributed by atoms with E-state index in [4.69, 9.17) is 0 Å². The molecule has 1 unspecified atom stereocenters. The zero-order valence-corrected chi connectivity index (χ0v) is 12.6. The second-order valence-corrected chi connectivity index (χ2v) is 5.07. The smallest absolute Gasteiger partial charge is 0.344 e. The molecule has 0 aliphatic heterocycles. The number of hydrogen-bond acceptors (Lipinski definition) is 3. The van der Waals surface area contributed by atoms with Gasteiger partial charge >= 0.3 is 6.18 Å². The summed E-state index contributed by atoms with van der Waals surface area (Å²) in [6.45, 7) is 3.53. The summed E-state index contributed by atoms with van der Waals surface area (Å²) in [4.78, 5) is 12.1. The molecule has 0 radical (unpaired) electrons. The third-order valence-electron chi connectivity index (χ3n) is 3.27. The summed E-state index contributed by atoms with van der Waals surface area (Å²) >= 11 is 0. The molecule has 0 aliphatic rings. The Morgan fingerprint density at radius 3 is 2.41 bits per heavy atom. The number of rotatable bonds is 3. The maximum Gasteiger partial charge on any atom is 0.435 e. The Balaban J connectivity index is 2.19. The zero-order chi connectivity index (χ0) is 16.7. The van der Waals surface area contributed by atoms with E-state index in [-0.39, 0.29) is 11.7 Å². The number of nitrogens with zero attached hydrogens (tertiary/aromatic N) is 4. The van der Waals surface area contributed by atoms with E-state index in [1.165, 1.54) is 7.05 Å². The van der Waals surface area contributed by atoms with Gasteiger partial charge < -0.3 is 5.32 Å². The number of amides is 1. The number of alkyl halides is 3. The second-order valence-electron chi connectivity index (χ2n) is 5.07. The third kappa shape index (κ3) is 3.12. The van der Waals surface area contributed by atoms with Gasteiger partial charge in [-0.15, -0.1) is 0 Å². The molecular formula is C13H16F3N5O. The number of nitrogens with one attached hydrogen (secondary N) is 1. The summed E-state index contributed by atoms with van der Waals surface area (Å²) in [6, 6.07) is 0.350. The summed E-state index contributed by atoms with van der Waals surface area (Å²) in [5.74, 6) is -0.624. The fourth-order valence-corrected chi connectivity index (χ4v) is 2.21. The molecule has 22 heavy (non-hydrogen) atoms. The largest absolute Gasteiger partial charge is 0.435 e. The molecule has 1 amide bonds. The monoisotopic (exact) mass is 315 g/mol. The molecule has 0 fully saturated rings. The Kier molecular flexibility index (Phi) is 3.99. The van der Waals surface area contributed by atoms with Crippen LogP contribution >= 0.6 is 0 Å². The molecule has 0 aliphatic carbocycles. The molecule has 0 aromatic carbocycles. The van der Waals surface area contributed by atoms with Crippen molar-refractivity contribution in [1.82, 2.24) is 24.9 Å². The van der Waals surface area contributed by atoms with E-state index in [1.807, 2.05) is 0 Å². The second kappa shape index (κ2) is 5.47. The summed E-state index contributed by atoms with van der Waals surface area (Å²) in [7, 11) is 3.05. The number of carbonyl (C=O) groups excluding carboxylic acids is 1. The predicted molar refractivity (Wildman–Crippen MR) is 72.0 cm³/mol. The first-order valence-corrected chi connectivity index (χ1v) is 6.52. The molecule has 0 saturated heterocycles. The maximum absolute atomic E-state index is 12.6. The van der Waals surface area contributed by atoms with Crippen LogP contribution in [0.4, 0.5) is 13.2 Å². The van der Waals surface area contributed by atoms with Crippen molar-refractivity contribution in [1.29, 1.82) is 0 Å². The predicted octanol–water partition coefficient (Wildman–Crippen LogP) is 1.97. The molecule has 1 N–H and O–H groups in total. The number of halogens is 3. The molecule has 0 spiro atoms. The minimum absolute atomic E-state index is 0.152. The van der Waals surface area contributed by atoms with Gasteiger partial charge in [-0.25, -0.2) is 0 Å². The van der Waals surface area contributed by atoms with Crippen LogP contribution in [0.25, 0.3) is 0 Å². The van der Waals surface area contributed by atoms with Gasteiger partial charge in [0.15, 0.2) is 5.69 Å². The van der Waals surface area contributed by atoms with Gasteiger partial charge in [-0.1, -0.05) is 0 Å². The third-order valence-corrected chi connectivity index (χ3v) is 3.27. The Hall–Kier alpha value is -2.32. The average Bonchev–Trinajstić information content (AvgIpc) is 2.91. The van der Waals surface area contributed by atoms with Crippen LogP contribution < -0.4 is 5.32 Å². The van der Waals surface area contributed by atoms with Gasteiger partial charge in [0.25, 0.3) is 5.91 Å². The van der Waals surface area contributed by atoms with Crippen molar-refractivity contribution in [3.8, 4) is 0 Å². The molecule has 6 nitrogen and oxygen atoms in total. The van der Waals surface area contributed by atoms with E-state index < -0.39 is 17.8 Å². The topological polar surface area (TPSA) is 64.7 Å². The number of hydrogen-bond donors (Lipinski definition) is 1. The van der Waals surface area contributed by atoms with Crippen LogP contribution in [-0.4, -0.2) is 25.5 Å². The van der Waals surface area contributed by atoms with Crippen LogP contribution in [0.3, 0.4) is 0 Å². The molecule has 2 heterocycles. The first-order valence-electron chi connectivity index (χ1n) is 6.52. The van der Waals surface area contributed by atoms with Gasteiger partial charge in [0.2, 0.25) is 0 Å². The van der Waals surface area contributed by atoms with Crippen molar-refractivity contribution < 1.29 is 18.0 Å². The van der Waals surface area contributed by atoms with E-state index >= 15 is 0 Å². The van der Waals surface area contributed by atoms with E-state index in [0.717, 1.165) is 22.0 Å². The molecule has 1 atom stereocenters. The van der Waals surface area contributed by atoms with Gasteiger partial charge in [0.05, 0.1) is 11.7 Å². The zero-order valence-electron chi connectivity index (χ0n) is 12.6. The minimum atomic E-state index is -4.58. The normalized spacial score (nSPS) is 13.2.